The van der Waals surface area contributed by atoms with E-state index in [2.05, 4.69) is 9.71 Å². The van der Waals surface area contributed by atoms with Crippen molar-refractivity contribution in [3.63, 3.8) is 0 Å². The third-order valence-corrected chi connectivity index (χ3v) is 7.23. The largest absolute Gasteiger partial charge is 0.308 e. The number of aromatic nitrogens is 1. The highest BCUT2D eigenvalue weighted by Gasteiger charge is 2.29. The molecule has 1 saturated carbocycles. The number of hydrogen-bond donors (Lipinski definition) is 1. The Morgan fingerprint density at radius 3 is 2.70 bits per heavy atom. The summed E-state index contributed by atoms with van der Waals surface area (Å²) in [6.45, 7) is 0.611. The van der Waals surface area contributed by atoms with E-state index in [1.165, 1.54) is 0 Å². The molecule has 0 unspecified atom stereocenters. The Hall–Kier alpha value is -2.41. The van der Waals surface area contributed by atoms with Gasteiger partial charge in [-0.25, -0.2) is 8.42 Å². The molecule has 2 heterocycles. The molecule has 2 aromatic rings. The standard InChI is InChI=1S/C20H23N3O3S/c24-20(16-5-3-11-21-14-16)23-12-4-6-15-9-10-17(13-19(15)23)22-27(25,26)18-7-1-2-8-18/h3,5,9-11,13-14,18,22H,1-2,4,6-8,12H2. The average Bonchev–Trinajstić information content (AvgIpc) is 3.23. The second kappa shape index (κ2) is 7.31. The van der Waals surface area contributed by atoms with E-state index >= 15 is 0 Å². The Kier molecular flexibility index (Phi) is 4.86. The molecule has 7 heteroatoms. The third-order valence-electron chi connectivity index (χ3n) is 5.36. The van der Waals surface area contributed by atoms with Crippen molar-refractivity contribution >= 4 is 27.3 Å². The predicted molar refractivity (Wildman–Crippen MR) is 105 cm³/mol. The minimum Gasteiger partial charge on any atom is -0.308 e. The van der Waals surface area contributed by atoms with E-state index in [4.69, 9.17) is 0 Å². The first kappa shape index (κ1) is 18.0. The molecule has 6 nitrogen and oxygen atoms in total. The lowest BCUT2D eigenvalue weighted by molar-refractivity contribution is 0.0985. The lowest BCUT2D eigenvalue weighted by Crippen LogP contribution is -2.35. The van der Waals surface area contributed by atoms with Gasteiger partial charge in [0.15, 0.2) is 0 Å². The molecule has 142 valence electrons. The molecule has 27 heavy (non-hydrogen) atoms. The van der Waals surface area contributed by atoms with Gasteiger partial charge in [-0.15, -0.1) is 0 Å². The smallest absolute Gasteiger partial charge is 0.259 e. The predicted octanol–water partition coefficient (Wildman–Crippen LogP) is 3.36. The summed E-state index contributed by atoms with van der Waals surface area (Å²) >= 11 is 0. The van der Waals surface area contributed by atoms with Gasteiger partial charge < -0.3 is 4.90 Å². The van der Waals surface area contributed by atoms with Gasteiger partial charge in [-0.2, -0.15) is 0 Å². The van der Waals surface area contributed by atoms with Crippen LogP contribution in [-0.4, -0.2) is 31.1 Å². The molecule has 1 aliphatic carbocycles. The fourth-order valence-electron chi connectivity index (χ4n) is 3.94. The van der Waals surface area contributed by atoms with Gasteiger partial charge in [0.25, 0.3) is 5.91 Å². The highest BCUT2D eigenvalue weighted by molar-refractivity contribution is 7.93. The molecule has 4 rings (SSSR count). The van der Waals surface area contributed by atoms with Crippen molar-refractivity contribution in [1.29, 1.82) is 0 Å². The molecule has 0 atom stereocenters. The zero-order valence-corrected chi connectivity index (χ0v) is 15.9. The molecule has 0 spiro atoms. The van der Waals surface area contributed by atoms with Crippen LogP contribution in [0.15, 0.2) is 42.7 Å². The number of carbonyl (C=O) groups is 1. The Morgan fingerprint density at radius 2 is 1.96 bits per heavy atom. The number of fused-ring (bicyclic) bond motifs is 1. The second-order valence-electron chi connectivity index (χ2n) is 7.20. The van der Waals surface area contributed by atoms with Gasteiger partial charge in [0.2, 0.25) is 10.0 Å². The van der Waals surface area contributed by atoms with Crippen molar-refractivity contribution in [2.75, 3.05) is 16.2 Å². The van der Waals surface area contributed by atoms with Crippen molar-refractivity contribution in [2.24, 2.45) is 0 Å². The molecule has 0 bridgehead atoms. The highest BCUT2D eigenvalue weighted by Crippen LogP contribution is 2.33. The van der Waals surface area contributed by atoms with Crippen LogP contribution in [-0.2, 0) is 16.4 Å². The van der Waals surface area contributed by atoms with Crippen LogP contribution in [0.1, 0.15) is 48.0 Å². The summed E-state index contributed by atoms with van der Waals surface area (Å²) in [4.78, 5) is 18.7. The first-order valence-corrected chi connectivity index (χ1v) is 11.0. The van der Waals surface area contributed by atoms with Crippen molar-refractivity contribution in [1.82, 2.24) is 4.98 Å². The molecule has 0 radical (unpaired) electrons. The highest BCUT2D eigenvalue weighted by atomic mass is 32.2. The summed E-state index contributed by atoms with van der Waals surface area (Å²) in [6, 6.07) is 8.99. The number of amides is 1. The first-order valence-electron chi connectivity index (χ1n) is 9.41. The summed E-state index contributed by atoms with van der Waals surface area (Å²) < 4.78 is 27.9. The number of anilines is 2. The molecule has 1 aromatic heterocycles. The van der Waals surface area contributed by atoms with Crippen molar-refractivity contribution < 1.29 is 13.2 Å². The summed E-state index contributed by atoms with van der Waals surface area (Å²) in [6.07, 6.45) is 8.30. The van der Waals surface area contributed by atoms with Gasteiger partial charge in [0.05, 0.1) is 16.5 Å². The van der Waals surface area contributed by atoms with E-state index in [1.54, 1.807) is 41.6 Å². The van der Waals surface area contributed by atoms with Crippen LogP contribution in [0, 0.1) is 0 Å². The summed E-state index contributed by atoms with van der Waals surface area (Å²) in [7, 11) is -3.39. The second-order valence-corrected chi connectivity index (χ2v) is 9.16. The molecule has 1 fully saturated rings. The molecule has 1 aromatic carbocycles. The Morgan fingerprint density at radius 1 is 1.15 bits per heavy atom. The minimum absolute atomic E-state index is 0.111. The fraction of sp³-hybridized carbons (Fsp3) is 0.400. The maximum atomic E-state index is 12.9. The van der Waals surface area contributed by atoms with E-state index in [-0.39, 0.29) is 11.2 Å². The van der Waals surface area contributed by atoms with Gasteiger partial charge in [0, 0.05) is 24.6 Å². The van der Waals surface area contributed by atoms with Gasteiger partial charge in [0.1, 0.15) is 0 Å². The first-order chi connectivity index (χ1) is 13.0. The van der Waals surface area contributed by atoms with E-state index in [0.29, 0.717) is 30.6 Å². The van der Waals surface area contributed by atoms with Crippen molar-refractivity contribution in [3.8, 4) is 0 Å². The minimum atomic E-state index is -3.39. The number of nitrogens with zero attached hydrogens (tertiary/aromatic N) is 2. The normalized spacial score (nSPS) is 17.6. The zero-order chi connectivity index (χ0) is 18.9. The topological polar surface area (TPSA) is 79.4 Å². The van der Waals surface area contributed by atoms with E-state index in [0.717, 1.165) is 36.9 Å². The van der Waals surface area contributed by atoms with Gasteiger partial charge >= 0.3 is 0 Å². The molecular formula is C20H23N3O3S. The van der Waals surface area contributed by atoms with Crippen LogP contribution < -0.4 is 9.62 Å². The Balaban J connectivity index is 1.62. The number of pyridine rings is 1. The van der Waals surface area contributed by atoms with Crippen LogP contribution in [0.25, 0.3) is 0 Å². The number of sulfonamides is 1. The van der Waals surface area contributed by atoms with Crippen LogP contribution in [0.5, 0.6) is 0 Å². The molecular weight excluding hydrogens is 362 g/mol. The number of rotatable bonds is 4. The SMILES string of the molecule is O=C(c1cccnc1)N1CCCc2ccc(NS(=O)(=O)C3CCCC3)cc21. The van der Waals surface area contributed by atoms with Crippen LogP contribution in [0.4, 0.5) is 11.4 Å². The summed E-state index contributed by atoms with van der Waals surface area (Å²) in [5.41, 5.74) is 2.89. The van der Waals surface area contributed by atoms with Gasteiger partial charge in [-0.1, -0.05) is 18.9 Å². The molecule has 1 amide bonds. The Labute approximate surface area is 159 Å². The van der Waals surface area contributed by atoms with Crippen LogP contribution >= 0.6 is 0 Å². The van der Waals surface area contributed by atoms with Crippen molar-refractivity contribution in [2.45, 2.75) is 43.8 Å². The zero-order valence-electron chi connectivity index (χ0n) is 15.1. The average molecular weight is 385 g/mol. The number of hydrogen-bond acceptors (Lipinski definition) is 4. The van der Waals surface area contributed by atoms with Crippen LogP contribution in [0.3, 0.4) is 0 Å². The summed E-state index contributed by atoms with van der Waals surface area (Å²) in [5, 5.41) is -0.318. The van der Waals surface area contributed by atoms with Gasteiger partial charge in [-0.05, 0) is 55.5 Å². The number of benzene rings is 1. The maximum Gasteiger partial charge on any atom is 0.259 e. The van der Waals surface area contributed by atoms with Gasteiger partial charge in [-0.3, -0.25) is 14.5 Å². The van der Waals surface area contributed by atoms with Crippen LogP contribution in [0.2, 0.25) is 0 Å². The summed E-state index contributed by atoms with van der Waals surface area (Å²) in [5.74, 6) is -0.111. The monoisotopic (exact) mass is 385 g/mol. The number of nitrogens with one attached hydrogen (secondary N) is 1. The number of aryl methyl sites for hydroxylation is 1. The van der Waals surface area contributed by atoms with E-state index in [9.17, 15) is 13.2 Å². The lowest BCUT2D eigenvalue weighted by Gasteiger charge is -2.30. The molecule has 1 N–H and O–H groups in total. The van der Waals surface area contributed by atoms with Crippen molar-refractivity contribution in [3.05, 3.63) is 53.9 Å². The Bertz CT molecular complexity index is 938. The molecule has 2 aliphatic rings. The van der Waals surface area contributed by atoms with E-state index in [1.807, 2.05) is 6.07 Å². The molecule has 0 saturated heterocycles. The third kappa shape index (κ3) is 3.69. The lowest BCUT2D eigenvalue weighted by atomic mass is 10.0. The number of carbonyl (C=O) groups excluding carboxylic acids is 1. The fourth-order valence-corrected chi connectivity index (χ4v) is 5.52. The quantitative estimate of drug-likeness (QED) is 0.875. The maximum absolute atomic E-state index is 12.9. The molecule has 1 aliphatic heterocycles. The van der Waals surface area contributed by atoms with E-state index < -0.39 is 10.0 Å².